The number of hydrogen-bond acceptors (Lipinski definition) is 1. The molecule has 1 rings (SSSR count). The third-order valence-electron chi connectivity index (χ3n) is 1.62. The summed E-state index contributed by atoms with van der Waals surface area (Å²) in [5, 5.41) is 3.22. The lowest BCUT2D eigenvalue weighted by atomic mass is 10.2. The molecule has 13 heavy (non-hydrogen) atoms. The predicted molar refractivity (Wildman–Crippen MR) is 57.7 cm³/mol. The maximum Gasteiger partial charge on any atom is 0.0355 e. The van der Waals surface area contributed by atoms with Crippen molar-refractivity contribution in [3.05, 3.63) is 42.0 Å². The van der Waals surface area contributed by atoms with Gasteiger partial charge in [-0.1, -0.05) is 24.1 Å². The van der Waals surface area contributed by atoms with Crippen LogP contribution in [0, 0.1) is 12.3 Å². The molecular weight excluding hydrogens is 158 g/mol. The summed E-state index contributed by atoms with van der Waals surface area (Å²) in [6.45, 7) is 6.58. The zero-order valence-corrected chi connectivity index (χ0v) is 7.80. The van der Waals surface area contributed by atoms with Crippen molar-refractivity contribution in [2.24, 2.45) is 0 Å². The molecule has 1 aromatic rings. The molecule has 1 heteroatoms. The number of terminal acetylenes is 1. The van der Waals surface area contributed by atoms with Gasteiger partial charge in [-0.15, -0.1) is 6.42 Å². The maximum absolute atomic E-state index is 5.28. The second-order valence-corrected chi connectivity index (χ2v) is 3.04. The highest BCUT2D eigenvalue weighted by Gasteiger charge is 1.92. The van der Waals surface area contributed by atoms with Crippen LogP contribution in [0.4, 0.5) is 5.69 Å². The summed E-state index contributed by atoms with van der Waals surface area (Å²) >= 11 is 0. The topological polar surface area (TPSA) is 12.0 Å². The summed E-state index contributed by atoms with van der Waals surface area (Å²) in [5.74, 6) is 2.59. The highest BCUT2D eigenvalue weighted by atomic mass is 14.9. The van der Waals surface area contributed by atoms with Crippen molar-refractivity contribution in [2.75, 3.05) is 11.9 Å². The molecule has 0 spiro atoms. The van der Waals surface area contributed by atoms with Gasteiger partial charge in [0.25, 0.3) is 0 Å². The average molecular weight is 171 g/mol. The third kappa shape index (κ3) is 3.04. The molecule has 1 aromatic carbocycles. The minimum Gasteiger partial charge on any atom is -0.381 e. The van der Waals surface area contributed by atoms with Crippen LogP contribution >= 0.6 is 0 Å². The Kier molecular flexibility index (Phi) is 3.16. The van der Waals surface area contributed by atoms with Gasteiger partial charge in [-0.3, -0.25) is 0 Å². The Balaban J connectivity index is 2.68. The molecule has 0 aliphatic carbocycles. The molecule has 0 radical (unpaired) electrons. The van der Waals surface area contributed by atoms with E-state index in [0.717, 1.165) is 23.4 Å². The van der Waals surface area contributed by atoms with E-state index in [0.29, 0.717) is 0 Å². The molecule has 0 amide bonds. The summed E-state index contributed by atoms with van der Waals surface area (Å²) in [6.07, 6.45) is 5.28. The van der Waals surface area contributed by atoms with E-state index in [2.05, 4.69) is 17.8 Å². The van der Waals surface area contributed by atoms with Crippen LogP contribution in [-0.4, -0.2) is 6.54 Å². The van der Waals surface area contributed by atoms with Crippen LogP contribution in [0.15, 0.2) is 36.4 Å². The predicted octanol–water partition coefficient (Wildman–Crippen LogP) is 2.66. The molecule has 0 fully saturated rings. The first kappa shape index (κ1) is 9.41. The quantitative estimate of drug-likeness (QED) is 0.544. The van der Waals surface area contributed by atoms with Crippen LogP contribution in [0.5, 0.6) is 0 Å². The van der Waals surface area contributed by atoms with Gasteiger partial charge < -0.3 is 5.32 Å². The Morgan fingerprint density at radius 1 is 1.62 bits per heavy atom. The lowest BCUT2D eigenvalue weighted by molar-refractivity contribution is 1.22. The highest BCUT2D eigenvalue weighted by Crippen LogP contribution is 2.09. The molecule has 66 valence electrons. The van der Waals surface area contributed by atoms with E-state index >= 15 is 0 Å². The standard InChI is InChI=1S/C12H13N/c1-4-11-6-5-7-12(8-11)13-9-10(2)3/h1,5-8,13H,2,9H2,3H3. The van der Waals surface area contributed by atoms with Gasteiger partial charge in [-0.25, -0.2) is 0 Å². The van der Waals surface area contributed by atoms with E-state index in [1.807, 2.05) is 31.2 Å². The van der Waals surface area contributed by atoms with Gasteiger partial charge in [0.2, 0.25) is 0 Å². The number of nitrogens with one attached hydrogen (secondary N) is 1. The lowest BCUT2D eigenvalue weighted by Crippen LogP contribution is -2.01. The first-order valence-electron chi connectivity index (χ1n) is 4.17. The second-order valence-electron chi connectivity index (χ2n) is 3.04. The third-order valence-corrected chi connectivity index (χ3v) is 1.62. The molecule has 1 N–H and O–H groups in total. The monoisotopic (exact) mass is 171 g/mol. The van der Waals surface area contributed by atoms with Crippen molar-refractivity contribution in [3.8, 4) is 12.3 Å². The fourth-order valence-corrected chi connectivity index (χ4v) is 0.972. The molecule has 0 unspecified atom stereocenters. The maximum atomic E-state index is 5.28. The summed E-state index contributed by atoms with van der Waals surface area (Å²) in [4.78, 5) is 0. The molecule has 0 saturated heterocycles. The Bertz CT molecular complexity index is 344. The number of anilines is 1. The normalized spacial score (nSPS) is 8.92. The van der Waals surface area contributed by atoms with Gasteiger partial charge in [0.05, 0.1) is 0 Å². The Hall–Kier alpha value is -1.68. The summed E-state index contributed by atoms with van der Waals surface area (Å²) in [5.41, 5.74) is 3.04. The molecular formula is C12H13N. The van der Waals surface area contributed by atoms with Gasteiger partial charge >= 0.3 is 0 Å². The van der Waals surface area contributed by atoms with Gasteiger partial charge in [0.15, 0.2) is 0 Å². The van der Waals surface area contributed by atoms with Crippen LogP contribution in [0.2, 0.25) is 0 Å². The van der Waals surface area contributed by atoms with Crippen molar-refractivity contribution in [2.45, 2.75) is 6.92 Å². The first-order chi connectivity index (χ1) is 6.22. The number of hydrogen-bond donors (Lipinski definition) is 1. The Morgan fingerprint density at radius 2 is 2.38 bits per heavy atom. The van der Waals surface area contributed by atoms with Crippen LogP contribution < -0.4 is 5.32 Å². The van der Waals surface area contributed by atoms with Gasteiger partial charge in [0.1, 0.15) is 0 Å². The second kappa shape index (κ2) is 4.37. The SMILES string of the molecule is C#Cc1cccc(NCC(=C)C)c1. The highest BCUT2D eigenvalue weighted by molar-refractivity contribution is 5.50. The Morgan fingerprint density at radius 3 is 3.00 bits per heavy atom. The molecule has 0 aliphatic heterocycles. The van der Waals surface area contributed by atoms with E-state index in [1.54, 1.807) is 0 Å². The van der Waals surface area contributed by atoms with Crippen molar-refractivity contribution >= 4 is 5.69 Å². The van der Waals surface area contributed by atoms with E-state index < -0.39 is 0 Å². The fourth-order valence-electron chi connectivity index (χ4n) is 0.972. The van der Waals surface area contributed by atoms with Crippen LogP contribution in [-0.2, 0) is 0 Å². The molecule has 0 aliphatic rings. The van der Waals surface area contributed by atoms with E-state index in [1.165, 1.54) is 0 Å². The summed E-state index contributed by atoms with van der Waals surface area (Å²) < 4.78 is 0. The van der Waals surface area contributed by atoms with E-state index in [9.17, 15) is 0 Å². The van der Waals surface area contributed by atoms with Gasteiger partial charge in [-0.05, 0) is 25.1 Å². The largest absolute Gasteiger partial charge is 0.381 e. The van der Waals surface area contributed by atoms with Crippen LogP contribution in [0.1, 0.15) is 12.5 Å². The first-order valence-corrected chi connectivity index (χ1v) is 4.17. The lowest BCUT2D eigenvalue weighted by Gasteiger charge is -2.05. The molecule has 0 bridgehead atoms. The van der Waals surface area contributed by atoms with Crippen molar-refractivity contribution in [1.29, 1.82) is 0 Å². The van der Waals surface area contributed by atoms with Crippen LogP contribution in [0.3, 0.4) is 0 Å². The van der Waals surface area contributed by atoms with Crippen molar-refractivity contribution < 1.29 is 0 Å². The van der Waals surface area contributed by atoms with E-state index in [4.69, 9.17) is 6.42 Å². The molecule has 0 saturated carbocycles. The molecule has 0 atom stereocenters. The van der Waals surface area contributed by atoms with Gasteiger partial charge in [-0.2, -0.15) is 0 Å². The summed E-state index contributed by atoms with van der Waals surface area (Å²) in [7, 11) is 0. The number of benzene rings is 1. The minimum atomic E-state index is 0.786. The molecule has 0 heterocycles. The molecule has 1 nitrogen and oxygen atoms in total. The smallest absolute Gasteiger partial charge is 0.0355 e. The van der Waals surface area contributed by atoms with Crippen LogP contribution in [0.25, 0.3) is 0 Å². The molecule has 0 aromatic heterocycles. The summed E-state index contributed by atoms with van der Waals surface area (Å²) in [6, 6.07) is 7.79. The van der Waals surface area contributed by atoms with Crippen molar-refractivity contribution in [3.63, 3.8) is 0 Å². The fraction of sp³-hybridized carbons (Fsp3) is 0.167. The Labute approximate surface area is 79.5 Å². The van der Waals surface area contributed by atoms with E-state index in [-0.39, 0.29) is 0 Å². The average Bonchev–Trinajstić information content (AvgIpc) is 2.15. The minimum absolute atomic E-state index is 0.786. The zero-order valence-electron chi connectivity index (χ0n) is 7.80. The zero-order chi connectivity index (χ0) is 9.68. The number of rotatable bonds is 3. The van der Waals surface area contributed by atoms with Gasteiger partial charge in [0, 0.05) is 17.8 Å². The van der Waals surface area contributed by atoms with Crippen molar-refractivity contribution in [1.82, 2.24) is 0 Å².